The van der Waals surface area contributed by atoms with Gasteiger partial charge in [0.05, 0.1) is 0 Å². The van der Waals surface area contributed by atoms with E-state index in [9.17, 15) is 9.59 Å². The van der Waals surface area contributed by atoms with Crippen molar-refractivity contribution in [2.24, 2.45) is 5.92 Å². The predicted molar refractivity (Wildman–Crippen MR) is 85.5 cm³/mol. The van der Waals surface area contributed by atoms with E-state index in [2.05, 4.69) is 11.4 Å². The van der Waals surface area contributed by atoms with E-state index in [0.29, 0.717) is 18.1 Å². The number of carbonyl (C=O) groups is 2. The van der Waals surface area contributed by atoms with Crippen LogP contribution in [0.25, 0.3) is 0 Å². The molecule has 1 fully saturated rings. The normalized spacial score (nSPS) is 17.9. The third-order valence-electron chi connectivity index (χ3n) is 4.59. The van der Waals surface area contributed by atoms with Crippen molar-refractivity contribution < 1.29 is 19.4 Å². The van der Waals surface area contributed by atoms with Crippen molar-refractivity contribution in [1.82, 2.24) is 5.32 Å². The zero-order valence-corrected chi connectivity index (χ0v) is 13.2. The van der Waals surface area contributed by atoms with E-state index in [4.69, 9.17) is 9.84 Å². The Balaban J connectivity index is 1.50. The minimum absolute atomic E-state index is 0.146. The van der Waals surface area contributed by atoms with Crippen molar-refractivity contribution in [3.8, 4) is 5.75 Å². The van der Waals surface area contributed by atoms with Crippen LogP contribution in [0, 0.1) is 5.92 Å². The molecule has 1 saturated carbocycles. The zero-order valence-electron chi connectivity index (χ0n) is 13.2. The molecule has 0 saturated heterocycles. The summed E-state index contributed by atoms with van der Waals surface area (Å²) in [5.74, 6) is -0.234. The minimum atomic E-state index is -0.973. The van der Waals surface area contributed by atoms with Crippen molar-refractivity contribution >= 4 is 11.9 Å². The van der Waals surface area contributed by atoms with E-state index >= 15 is 0 Å². The number of nitrogens with one attached hydrogen (secondary N) is 1. The summed E-state index contributed by atoms with van der Waals surface area (Å²) in [6.07, 6.45) is 7.22. The van der Waals surface area contributed by atoms with Crippen LogP contribution in [0.1, 0.15) is 43.2 Å². The molecule has 1 amide bonds. The van der Waals surface area contributed by atoms with Gasteiger partial charge in [0, 0.05) is 0 Å². The topological polar surface area (TPSA) is 75.6 Å². The monoisotopic (exact) mass is 317 g/mol. The molecule has 23 heavy (non-hydrogen) atoms. The first-order valence-electron chi connectivity index (χ1n) is 8.38. The Hall–Kier alpha value is -2.04. The lowest BCUT2D eigenvalue weighted by Gasteiger charge is -2.17. The number of fused-ring (bicyclic) bond motifs is 1. The molecule has 0 heterocycles. The van der Waals surface area contributed by atoms with Gasteiger partial charge in [-0.25, -0.2) is 4.79 Å². The standard InChI is InChI=1S/C18H23NO4/c20-17(19-16(18(21)22)9-12-5-6-12)11-23-15-8-7-13-3-1-2-4-14(13)10-15/h7-8,10,12,16H,1-6,9,11H2,(H,19,20)(H,21,22). The number of carboxylic acid groups (broad SMARTS) is 1. The van der Waals surface area contributed by atoms with Crippen LogP contribution in [0.15, 0.2) is 18.2 Å². The summed E-state index contributed by atoms with van der Waals surface area (Å²) in [5.41, 5.74) is 2.66. The van der Waals surface area contributed by atoms with Gasteiger partial charge < -0.3 is 15.2 Å². The van der Waals surface area contributed by atoms with Crippen molar-refractivity contribution in [1.29, 1.82) is 0 Å². The van der Waals surface area contributed by atoms with E-state index < -0.39 is 12.0 Å². The van der Waals surface area contributed by atoms with Gasteiger partial charge in [0.1, 0.15) is 11.8 Å². The van der Waals surface area contributed by atoms with Gasteiger partial charge in [-0.3, -0.25) is 4.79 Å². The molecule has 0 radical (unpaired) electrons. The molecule has 124 valence electrons. The van der Waals surface area contributed by atoms with Crippen LogP contribution in [0.3, 0.4) is 0 Å². The van der Waals surface area contributed by atoms with Crippen molar-refractivity contribution in [2.75, 3.05) is 6.61 Å². The molecule has 2 aliphatic carbocycles. The smallest absolute Gasteiger partial charge is 0.326 e. The van der Waals surface area contributed by atoms with E-state index in [1.54, 1.807) is 0 Å². The van der Waals surface area contributed by atoms with E-state index in [1.807, 2.05) is 12.1 Å². The molecule has 5 nitrogen and oxygen atoms in total. The van der Waals surface area contributed by atoms with Crippen molar-refractivity contribution in [3.63, 3.8) is 0 Å². The quantitative estimate of drug-likeness (QED) is 0.809. The second kappa shape index (κ2) is 7.02. The van der Waals surface area contributed by atoms with Crippen LogP contribution >= 0.6 is 0 Å². The molecule has 3 rings (SSSR count). The number of aliphatic carboxylic acids is 1. The summed E-state index contributed by atoms with van der Waals surface area (Å²) in [4.78, 5) is 23.1. The molecule has 0 aliphatic heterocycles. The van der Waals surface area contributed by atoms with Crippen LogP contribution in [0.4, 0.5) is 0 Å². The summed E-state index contributed by atoms with van der Waals surface area (Å²) < 4.78 is 5.53. The molecule has 1 unspecified atom stereocenters. The first-order chi connectivity index (χ1) is 11.1. The third kappa shape index (κ3) is 4.47. The third-order valence-corrected chi connectivity index (χ3v) is 4.59. The van der Waals surface area contributed by atoms with Gasteiger partial charge in [0.25, 0.3) is 5.91 Å². The second-order valence-electron chi connectivity index (χ2n) is 6.56. The highest BCUT2D eigenvalue weighted by atomic mass is 16.5. The van der Waals surface area contributed by atoms with Crippen LogP contribution in [0.5, 0.6) is 5.75 Å². The number of hydrogen-bond acceptors (Lipinski definition) is 3. The lowest BCUT2D eigenvalue weighted by atomic mass is 9.92. The van der Waals surface area contributed by atoms with E-state index in [1.165, 1.54) is 24.0 Å². The fourth-order valence-corrected chi connectivity index (χ4v) is 3.09. The first-order valence-corrected chi connectivity index (χ1v) is 8.38. The Morgan fingerprint density at radius 1 is 1.22 bits per heavy atom. The molecular formula is C18H23NO4. The molecular weight excluding hydrogens is 294 g/mol. The van der Waals surface area contributed by atoms with Gasteiger partial charge >= 0.3 is 5.97 Å². The van der Waals surface area contributed by atoms with Crippen LogP contribution < -0.4 is 10.1 Å². The lowest BCUT2D eigenvalue weighted by molar-refractivity contribution is -0.142. The van der Waals surface area contributed by atoms with Crippen molar-refractivity contribution in [2.45, 2.75) is 51.0 Å². The van der Waals surface area contributed by atoms with Gasteiger partial charge in [-0.05, 0) is 61.3 Å². The van der Waals surface area contributed by atoms with Gasteiger partial charge in [-0.15, -0.1) is 0 Å². The van der Waals surface area contributed by atoms with Crippen LogP contribution in [-0.4, -0.2) is 29.6 Å². The van der Waals surface area contributed by atoms with Crippen molar-refractivity contribution in [3.05, 3.63) is 29.3 Å². The molecule has 2 aliphatic rings. The number of benzene rings is 1. The molecule has 0 spiro atoms. The zero-order chi connectivity index (χ0) is 16.2. The fraction of sp³-hybridized carbons (Fsp3) is 0.556. The number of rotatable bonds is 7. The molecule has 1 aromatic rings. The van der Waals surface area contributed by atoms with E-state index in [0.717, 1.165) is 25.7 Å². The number of amides is 1. The molecule has 0 aromatic heterocycles. The Morgan fingerprint density at radius 3 is 2.65 bits per heavy atom. The second-order valence-corrected chi connectivity index (χ2v) is 6.56. The maximum absolute atomic E-state index is 11.9. The number of hydrogen-bond donors (Lipinski definition) is 2. The maximum atomic E-state index is 11.9. The lowest BCUT2D eigenvalue weighted by Crippen LogP contribution is -2.43. The highest BCUT2D eigenvalue weighted by Crippen LogP contribution is 2.33. The molecule has 1 aromatic carbocycles. The van der Waals surface area contributed by atoms with E-state index in [-0.39, 0.29) is 12.5 Å². The molecule has 0 bridgehead atoms. The summed E-state index contributed by atoms with van der Waals surface area (Å²) in [5, 5.41) is 11.7. The minimum Gasteiger partial charge on any atom is -0.484 e. The van der Waals surface area contributed by atoms with Gasteiger partial charge in [0.15, 0.2) is 6.61 Å². The molecule has 5 heteroatoms. The Kier molecular flexibility index (Phi) is 4.84. The Morgan fingerprint density at radius 2 is 1.96 bits per heavy atom. The van der Waals surface area contributed by atoms with Gasteiger partial charge in [0.2, 0.25) is 0 Å². The summed E-state index contributed by atoms with van der Waals surface area (Å²) in [7, 11) is 0. The highest BCUT2D eigenvalue weighted by Gasteiger charge is 2.30. The Bertz CT molecular complexity index is 595. The summed E-state index contributed by atoms with van der Waals surface area (Å²) in [6, 6.07) is 5.15. The number of ether oxygens (including phenoxy) is 1. The largest absolute Gasteiger partial charge is 0.484 e. The molecule has 2 N–H and O–H groups in total. The number of carboxylic acids is 1. The average Bonchev–Trinajstić information content (AvgIpc) is 3.36. The Labute approximate surface area is 136 Å². The number of carbonyl (C=O) groups excluding carboxylic acids is 1. The summed E-state index contributed by atoms with van der Waals surface area (Å²) in [6.45, 7) is -0.146. The predicted octanol–water partition coefficient (Wildman–Crippen LogP) is 2.31. The average molecular weight is 317 g/mol. The van der Waals surface area contributed by atoms with Gasteiger partial charge in [-0.2, -0.15) is 0 Å². The first kappa shape index (κ1) is 15.8. The SMILES string of the molecule is O=C(COc1ccc2c(c1)CCCC2)NC(CC1CC1)C(=O)O. The van der Waals surface area contributed by atoms with Crippen LogP contribution in [-0.2, 0) is 22.4 Å². The fourth-order valence-electron chi connectivity index (χ4n) is 3.09. The van der Waals surface area contributed by atoms with Gasteiger partial charge in [-0.1, -0.05) is 18.9 Å². The van der Waals surface area contributed by atoms with Crippen LogP contribution in [0.2, 0.25) is 0 Å². The highest BCUT2D eigenvalue weighted by molar-refractivity contribution is 5.84. The summed E-state index contributed by atoms with van der Waals surface area (Å²) >= 11 is 0. The maximum Gasteiger partial charge on any atom is 0.326 e. The number of aryl methyl sites for hydroxylation is 2. The molecule has 1 atom stereocenters.